The Kier molecular flexibility index (Phi) is 6.36. The summed E-state index contributed by atoms with van der Waals surface area (Å²) in [5.74, 6) is -1.13. The summed E-state index contributed by atoms with van der Waals surface area (Å²) in [5.41, 5.74) is 1.80. The molecule has 1 unspecified atom stereocenters. The third-order valence-corrected chi connectivity index (χ3v) is 4.88. The summed E-state index contributed by atoms with van der Waals surface area (Å²) in [5, 5.41) is 2.86. The number of hydrogen-bond acceptors (Lipinski definition) is 4. The molecule has 1 N–H and O–H groups in total. The molecule has 0 fully saturated rings. The van der Waals surface area contributed by atoms with Gasteiger partial charge in [-0.1, -0.05) is 42.5 Å². The van der Waals surface area contributed by atoms with E-state index in [1.807, 2.05) is 6.07 Å². The van der Waals surface area contributed by atoms with Crippen molar-refractivity contribution in [3.05, 3.63) is 120 Å². The van der Waals surface area contributed by atoms with E-state index in [4.69, 9.17) is 4.42 Å². The zero-order valence-corrected chi connectivity index (χ0v) is 17.0. The number of nitrogens with zero attached hydrogens (tertiary/aromatic N) is 2. The van der Waals surface area contributed by atoms with Crippen LogP contribution in [0.2, 0.25) is 0 Å². The van der Waals surface area contributed by atoms with Crippen molar-refractivity contribution in [2.75, 3.05) is 4.90 Å². The van der Waals surface area contributed by atoms with Gasteiger partial charge in [-0.15, -0.1) is 0 Å². The third-order valence-electron chi connectivity index (χ3n) is 4.88. The number of benzene rings is 2. The van der Waals surface area contributed by atoms with Crippen molar-refractivity contribution in [2.45, 2.75) is 12.6 Å². The van der Waals surface area contributed by atoms with Crippen molar-refractivity contribution in [3.8, 4) is 0 Å². The Morgan fingerprint density at radius 3 is 2.41 bits per heavy atom. The first-order valence-corrected chi connectivity index (χ1v) is 9.97. The number of carbonyl (C=O) groups is 2. The maximum Gasteiger partial charge on any atom is 0.295 e. The van der Waals surface area contributed by atoms with Crippen LogP contribution in [0.5, 0.6) is 0 Å². The predicted molar refractivity (Wildman–Crippen MR) is 117 cm³/mol. The van der Waals surface area contributed by atoms with Crippen molar-refractivity contribution < 1.29 is 18.4 Å². The molecule has 2 aromatic carbocycles. The lowest BCUT2D eigenvalue weighted by molar-refractivity contribution is -0.122. The fourth-order valence-electron chi connectivity index (χ4n) is 3.34. The molecular weight excluding hydrogens is 409 g/mol. The molecule has 4 rings (SSSR count). The van der Waals surface area contributed by atoms with Gasteiger partial charge in [-0.25, -0.2) is 4.39 Å². The number of pyridine rings is 1. The quantitative estimate of drug-likeness (QED) is 0.469. The maximum atomic E-state index is 13.4. The van der Waals surface area contributed by atoms with Crippen molar-refractivity contribution in [3.63, 3.8) is 0 Å². The highest BCUT2D eigenvalue weighted by atomic mass is 19.1. The first-order chi connectivity index (χ1) is 15.6. The van der Waals surface area contributed by atoms with Gasteiger partial charge in [-0.2, -0.15) is 0 Å². The summed E-state index contributed by atoms with van der Waals surface area (Å²) >= 11 is 0. The normalized spacial score (nSPS) is 11.5. The van der Waals surface area contributed by atoms with E-state index in [9.17, 15) is 14.0 Å². The van der Waals surface area contributed by atoms with Crippen molar-refractivity contribution in [2.24, 2.45) is 0 Å². The molecule has 0 spiro atoms. The van der Waals surface area contributed by atoms with E-state index in [1.165, 1.54) is 29.5 Å². The number of hydrogen-bond donors (Lipinski definition) is 1. The summed E-state index contributed by atoms with van der Waals surface area (Å²) in [4.78, 5) is 32.3. The second-order valence-electron chi connectivity index (χ2n) is 7.02. The van der Waals surface area contributed by atoms with Crippen LogP contribution in [0.4, 0.5) is 10.1 Å². The Bertz CT molecular complexity index is 1160. The SMILES string of the molecule is O=C(NCc1ccc(F)cc1)C(c1ccccc1)N(C(=O)c1ccco1)c1cccnc1. The van der Waals surface area contributed by atoms with Crippen molar-refractivity contribution >= 4 is 17.5 Å². The molecule has 0 saturated heterocycles. The van der Waals surface area contributed by atoms with Gasteiger partial charge in [0.25, 0.3) is 5.91 Å². The minimum absolute atomic E-state index is 0.0983. The van der Waals surface area contributed by atoms with E-state index in [2.05, 4.69) is 10.3 Å². The average molecular weight is 429 g/mol. The smallest absolute Gasteiger partial charge is 0.295 e. The molecule has 0 radical (unpaired) electrons. The van der Waals surface area contributed by atoms with Crippen LogP contribution in [-0.2, 0) is 11.3 Å². The zero-order chi connectivity index (χ0) is 22.3. The van der Waals surface area contributed by atoms with Gasteiger partial charge in [0.15, 0.2) is 5.76 Å². The number of halogens is 1. The highest BCUT2D eigenvalue weighted by Gasteiger charge is 2.34. The number of nitrogens with one attached hydrogen (secondary N) is 1. The number of amides is 2. The highest BCUT2D eigenvalue weighted by Crippen LogP contribution is 2.29. The molecule has 0 aliphatic rings. The van der Waals surface area contributed by atoms with Crippen LogP contribution in [0.1, 0.15) is 27.7 Å². The Morgan fingerprint density at radius 2 is 1.75 bits per heavy atom. The molecule has 2 heterocycles. The third kappa shape index (κ3) is 4.73. The first kappa shape index (κ1) is 21.0. The summed E-state index contributed by atoms with van der Waals surface area (Å²) in [7, 11) is 0. The molecule has 1 atom stereocenters. The summed E-state index contributed by atoms with van der Waals surface area (Å²) < 4.78 is 18.5. The predicted octanol–water partition coefficient (Wildman–Crippen LogP) is 4.52. The lowest BCUT2D eigenvalue weighted by Gasteiger charge is -2.30. The number of anilines is 1. The van der Waals surface area contributed by atoms with Gasteiger partial charge in [0, 0.05) is 12.7 Å². The number of furan rings is 1. The molecule has 2 amide bonds. The molecule has 32 heavy (non-hydrogen) atoms. The Hall–Kier alpha value is -4.26. The molecule has 0 saturated carbocycles. The largest absolute Gasteiger partial charge is 0.459 e. The number of aromatic nitrogens is 1. The fraction of sp³-hybridized carbons (Fsp3) is 0.0800. The second kappa shape index (κ2) is 9.70. The van der Waals surface area contributed by atoms with Crippen molar-refractivity contribution in [1.82, 2.24) is 10.3 Å². The van der Waals surface area contributed by atoms with Gasteiger partial charge >= 0.3 is 0 Å². The Balaban J connectivity index is 1.71. The van der Waals surface area contributed by atoms with Crippen LogP contribution in [0.15, 0.2) is 102 Å². The minimum Gasteiger partial charge on any atom is -0.459 e. The molecule has 7 heteroatoms. The second-order valence-corrected chi connectivity index (χ2v) is 7.02. The fourth-order valence-corrected chi connectivity index (χ4v) is 3.34. The van der Waals surface area contributed by atoms with Crippen LogP contribution < -0.4 is 10.2 Å². The lowest BCUT2D eigenvalue weighted by atomic mass is 10.0. The number of rotatable bonds is 7. The standard InChI is InChI=1S/C25H20FN3O3/c26-20-12-10-18(11-13-20)16-28-24(30)23(19-6-2-1-3-7-19)29(21-8-4-14-27-17-21)25(31)22-9-5-15-32-22/h1-15,17,23H,16H2,(H,28,30). The van der Waals surface area contributed by atoms with Crippen LogP contribution in [0, 0.1) is 5.82 Å². The molecule has 6 nitrogen and oxygen atoms in total. The molecule has 4 aromatic rings. The summed E-state index contributed by atoms with van der Waals surface area (Å²) in [6.07, 6.45) is 4.51. The van der Waals surface area contributed by atoms with Crippen LogP contribution in [-0.4, -0.2) is 16.8 Å². The monoisotopic (exact) mass is 429 g/mol. The van der Waals surface area contributed by atoms with E-state index in [0.717, 1.165) is 5.56 Å². The molecule has 2 aromatic heterocycles. The van der Waals surface area contributed by atoms with Crippen LogP contribution in [0.25, 0.3) is 0 Å². The molecule has 0 aliphatic carbocycles. The van der Waals surface area contributed by atoms with Crippen molar-refractivity contribution in [1.29, 1.82) is 0 Å². The Morgan fingerprint density at radius 1 is 0.969 bits per heavy atom. The van der Waals surface area contributed by atoms with E-state index >= 15 is 0 Å². The zero-order valence-electron chi connectivity index (χ0n) is 17.0. The first-order valence-electron chi connectivity index (χ1n) is 9.97. The van der Waals surface area contributed by atoms with Gasteiger partial charge in [0.05, 0.1) is 18.1 Å². The van der Waals surface area contributed by atoms with Crippen LogP contribution in [0.3, 0.4) is 0 Å². The van der Waals surface area contributed by atoms with Gasteiger partial charge in [-0.3, -0.25) is 19.5 Å². The van der Waals surface area contributed by atoms with E-state index in [0.29, 0.717) is 11.3 Å². The summed E-state index contributed by atoms with van der Waals surface area (Å²) in [6, 6.07) is 20.4. The van der Waals surface area contributed by atoms with Gasteiger partial charge in [0.2, 0.25) is 5.91 Å². The maximum absolute atomic E-state index is 13.4. The Labute approximate surface area is 184 Å². The van der Waals surface area contributed by atoms with Gasteiger partial charge < -0.3 is 9.73 Å². The molecule has 160 valence electrons. The van der Waals surface area contributed by atoms with E-state index in [1.54, 1.807) is 66.9 Å². The molecule has 0 aliphatic heterocycles. The highest BCUT2D eigenvalue weighted by molar-refractivity contribution is 6.08. The lowest BCUT2D eigenvalue weighted by Crippen LogP contribution is -2.44. The van der Waals surface area contributed by atoms with Gasteiger partial charge in [-0.05, 0) is 47.5 Å². The topological polar surface area (TPSA) is 75.4 Å². The van der Waals surface area contributed by atoms with E-state index < -0.39 is 17.9 Å². The van der Waals surface area contributed by atoms with Gasteiger partial charge in [0.1, 0.15) is 11.9 Å². The van der Waals surface area contributed by atoms with E-state index in [-0.39, 0.29) is 18.1 Å². The minimum atomic E-state index is -0.988. The summed E-state index contributed by atoms with van der Waals surface area (Å²) in [6.45, 7) is 0.179. The van der Waals surface area contributed by atoms with Crippen LogP contribution >= 0.6 is 0 Å². The molecular formula is C25H20FN3O3. The molecule has 0 bridgehead atoms. The average Bonchev–Trinajstić information content (AvgIpc) is 3.38. The number of carbonyl (C=O) groups excluding carboxylic acids is 2.